The standard InChI is InChI=1S/C13H14N2O/c14-13(16)12-8-9-4-1-2-7-11(9)15(12)10-5-3-6-10/h1-2,4,7-8,10H,3,5-6H2,(H2,14,16). The number of benzene rings is 1. The molecule has 1 saturated carbocycles. The van der Waals surface area contributed by atoms with E-state index in [0.29, 0.717) is 11.7 Å². The average molecular weight is 214 g/mol. The van der Waals surface area contributed by atoms with Gasteiger partial charge in [0.1, 0.15) is 5.69 Å². The number of carbonyl (C=O) groups is 1. The molecule has 0 unspecified atom stereocenters. The minimum Gasteiger partial charge on any atom is -0.364 e. The first-order valence-corrected chi connectivity index (χ1v) is 5.67. The van der Waals surface area contributed by atoms with Gasteiger partial charge in [0.25, 0.3) is 5.91 Å². The molecular formula is C13H14N2O. The van der Waals surface area contributed by atoms with Crippen molar-refractivity contribution in [2.24, 2.45) is 5.73 Å². The van der Waals surface area contributed by atoms with Crippen molar-refractivity contribution in [3.8, 4) is 0 Å². The maximum atomic E-state index is 11.4. The van der Waals surface area contributed by atoms with Crippen molar-refractivity contribution in [1.29, 1.82) is 0 Å². The molecule has 2 N–H and O–H groups in total. The summed E-state index contributed by atoms with van der Waals surface area (Å²) in [5.74, 6) is -0.330. The van der Waals surface area contributed by atoms with Crippen molar-refractivity contribution < 1.29 is 4.79 Å². The Labute approximate surface area is 93.9 Å². The van der Waals surface area contributed by atoms with Crippen molar-refractivity contribution in [3.63, 3.8) is 0 Å². The molecule has 3 rings (SSSR count). The van der Waals surface area contributed by atoms with Crippen molar-refractivity contribution >= 4 is 16.8 Å². The summed E-state index contributed by atoms with van der Waals surface area (Å²) in [7, 11) is 0. The predicted molar refractivity (Wildman–Crippen MR) is 63.3 cm³/mol. The van der Waals surface area contributed by atoms with E-state index in [4.69, 9.17) is 5.73 Å². The number of nitrogens with zero attached hydrogens (tertiary/aromatic N) is 1. The highest BCUT2D eigenvalue weighted by Gasteiger charge is 2.24. The van der Waals surface area contributed by atoms with Crippen molar-refractivity contribution in [1.82, 2.24) is 4.57 Å². The van der Waals surface area contributed by atoms with E-state index in [1.807, 2.05) is 24.3 Å². The lowest BCUT2D eigenvalue weighted by Crippen LogP contribution is -2.23. The highest BCUT2D eigenvalue weighted by atomic mass is 16.1. The summed E-state index contributed by atoms with van der Waals surface area (Å²) in [5, 5.41) is 1.10. The third kappa shape index (κ3) is 1.24. The quantitative estimate of drug-likeness (QED) is 0.820. The molecule has 0 bridgehead atoms. The molecule has 1 aliphatic carbocycles. The Kier molecular flexibility index (Phi) is 1.99. The molecule has 1 heterocycles. The molecular weight excluding hydrogens is 200 g/mol. The smallest absolute Gasteiger partial charge is 0.265 e. The molecule has 1 aliphatic rings. The van der Waals surface area contributed by atoms with Gasteiger partial charge in [0, 0.05) is 16.9 Å². The molecule has 3 nitrogen and oxygen atoms in total. The van der Waals surface area contributed by atoms with Gasteiger partial charge in [-0.3, -0.25) is 4.79 Å². The molecule has 0 radical (unpaired) electrons. The molecule has 2 aromatic rings. The Balaban J connectivity index is 2.26. The van der Waals surface area contributed by atoms with Gasteiger partial charge in [0.05, 0.1) is 0 Å². The van der Waals surface area contributed by atoms with Crippen LogP contribution in [0, 0.1) is 0 Å². The maximum absolute atomic E-state index is 11.4. The second-order valence-electron chi connectivity index (χ2n) is 4.41. The van der Waals surface area contributed by atoms with Crippen LogP contribution in [0.25, 0.3) is 10.9 Å². The van der Waals surface area contributed by atoms with Crippen LogP contribution in [0.1, 0.15) is 35.8 Å². The summed E-state index contributed by atoms with van der Waals surface area (Å²) in [4.78, 5) is 11.4. The lowest BCUT2D eigenvalue weighted by atomic mass is 9.92. The number of rotatable bonds is 2. The molecule has 0 aliphatic heterocycles. The second kappa shape index (κ2) is 3.37. The Morgan fingerprint density at radius 3 is 2.69 bits per heavy atom. The molecule has 0 saturated heterocycles. The van der Waals surface area contributed by atoms with E-state index in [9.17, 15) is 4.79 Å². The first kappa shape index (κ1) is 9.46. The van der Waals surface area contributed by atoms with E-state index < -0.39 is 0 Å². The molecule has 1 fully saturated rings. The van der Waals surface area contributed by atoms with Gasteiger partial charge in [0.15, 0.2) is 0 Å². The summed E-state index contributed by atoms with van der Waals surface area (Å²) >= 11 is 0. The second-order valence-corrected chi connectivity index (χ2v) is 4.41. The third-order valence-corrected chi connectivity index (χ3v) is 3.44. The molecule has 1 aromatic heterocycles. The van der Waals surface area contributed by atoms with Crippen molar-refractivity contribution in [2.45, 2.75) is 25.3 Å². The SMILES string of the molecule is NC(=O)c1cc2ccccc2n1C1CCC1. The third-order valence-electron chi connectivity index (χ3n) is 3.44. The summed E-state index contributed by atoms with van der Waals surface area (Å²) in [5.41, 5.74) is 7.21. The first-order valence-electron chi connectivity index (χ1n) is 5.67. The van der Waals surface area contributed by atoms with Crippen LogP contribution in [0.15, 0.2) is 30.3 Å². The van der Waals surface area contributed by atoms with E-state index in [1.54, 1.807) is 0 Å². The lowest BCUT2D eigenvalue weighted by Gasteiger charge is -2.29. The zero-order valence-corrected chi connectivity index (χ0v) is 9.02. The average Bonchev–Trinajstić information content (AvgIpc) is 2.56. The largest absolute Gasteiger partial charge is 0.364 e. The molecule has 1 amide bonds. The topological polar surface area (TPSA) is 48.0 Å². The minimum atomic E-state index is -0.330. The summed E-state index contributed by atoms with van der Waals surface area (Å²) in [6.07, 6.45) is 3.55. The first-order chi connectivity index (χ1) is 7.77. The van der Waals surface area contributed by atoms with Crippen LogP contribution in [0.3, 0.4) is 0 Å². The van der Waals surface area contributed by atoms with Gasteiger partial charge < -0.3 is 10.3 Å². The van der Waals surface area contributed by atoms with E-state index in [1.165, 1.54) is 6.42 Å². The van der Waals surface area contributed by atoms with Gasteiger partial charge >= 0.3 is 0 Å². The van der Waals surface area contributed by atoms with Crippen LogP contribution < -0.4 is 5.73 Å². The number of carbonyl (C=O) groups excluding carboxylic acids is 1. The zero-order chi connectivity index (χ0) is 11.1. The normalized spacial score (nSPS) is 16.2. The molecule has 1 aromatic carbocycles. The molecule has 3 heteroatoms. The highest BCUT2D eigenvalue weighted by molar-refractivity contribution is 5.97. The fourth-order valence-corrected chi connectivity index (χ4v) is 2.40. The molecule has 16 heavy (non-hydrogen) atoms. The minimum absolute atomic E-state index is 0.330. The molecule has 82 valence electrons. The summed E-state index contributed by atoms with van der Waals surface area (Å²) < 4.78 is 2.11. The number of aromatic nitrogens is 1. The van der Waals surface area contributed by atoms with Gasteiger partial charge in [-0.05, 0) is 31.4 Å². The van der Waals surface area contributed by atoms with Crippen LogP contribution in [0.2, 0.25) is 0 Å². The predicted octanol–water partition coefficient (Wildman–Crippen LogP) is 2.47. The fourth-order valence-electron chi connectivity index (χ4n) is 2.40. The van der Waals surface area contributed by atoms with Gasteiger partial charge in [-0.2, -0.15) is 0 Å². The number of fused-ring (bicyclic) bond motifs is 1. The monoisotopic (exact) mass is 214 g/mol. The van der Waals surface area contributed by atoms with Crippen molar-refractivity contribution in [3.05, 3.63) is 36.0 Å². The lowest BCUT2D eigenvalue weighted by molar-refractivity contribution is 0.0986. The van der Waals surface area contributed by atoms with Crippen LogP contribution in [0.4, 0.5) is 0 Å². The van der Waals surface area contributed by atoms with E-state index in [2.05, 4.69) is 10.6 Å². The van der Waals surface area contributed by atoms with Crippen molar-refractivity contribution in [2.75, 3.05) is 0 Å². The summed E-state index contributed by atoms with van der Waals surface area (Å²) in [6.45, 7) is 0. The molecule has 0 atom stereocenters. The van der Waals surface area contributed by atoms with Crippen LogP contribution in [-0.4, -0.2) is 10.5 Å². The van der Waals surface area contributed by atoms with Crippen LogP contribution in [0.5, 0.6) is 0 Å². The van der Waals surface area contributed by atoms with Crippen LogP contribution >= 0.6 is 0 Å². The van der Waals surface area contributed by atoms with Gasteiger partial charge in [-0.15, -0.1) is 0 Å². The fraction of sp³-hybridized carbons (Fsp3) is 0.308. The number of hydrogen-bond donors (Lipinski definition) is 1. The number of hydrogen-bond acceptors (Lipinski definition) is 1. The van der Waals surface area contributed by atoms with Crippen LogP contribution in [-0.2, 0) is 0 Å². The summed E-state index contributed by atoms with van der Waals surface area (Å²) in [6, 6.07) is 10.4. The Morgan fingerprint density at radius 1 is 1.31 bits per heavy atom. The van der Waals surface area contributed by atoms with E-state index >= 15 is 0 Å². The Hall–Kier alpha value is -1.77. The Morgan fingerprint density at radius 2 is 2.06 bits per heavy atom. The number of nitrogens with two attached hydrogens (primary N) is 1. The number of primary amides is 1. The molecule has 0 spiro atoms. The van der Waals surface area contributed by atoms with E-state index in [-0.39, 0.29) is 5.91 Å². The van der Waals surface area contributed by atoms with Gasteiger partial charge in [-0.25, -0.2) is 0 Å². The van der Waals surface area contributed by atoms with E-state index in [0.717, 1.165) is 23.7 Å². The maximum Gasteiger partial charge on any atom is 0.265 e. The highest BCUT2D eigenvalue weighted by Crippen LogP contribution is 2.36. The Bertz CT molecular complexity index is 552. The number of para-hydroxylation sites is 1. The zero-order valence-electron chi connectivity index (χ0n) is 9.02. The van der Waals surface area contributed by atoms with Gasteiger partial charge in [0.2, 0.25) is 0 Å². The number of amides is 1. The van der Waals surface area contributed by atoms with Gasteiger partial charge in [-0.1, -0.05) is 18.2 Å².